The van der Waals surface area contributed by atoms with Crippen molar-refractivity contribution in [2.75, 3.05) is 0 Å². The molecule has 0 aromatic carbocycles. The first kappa shape index (κ1) is 22.3. The average Bonchev–Trinajstić information content (AvgIpc) is 2.46. The Morgan fingerprint density at radius 3 is 1.96 bits per heavy atom. The Morgan fingerprint density at radius 2 is 1.56 bits per heavy atom. The standard InChI is InChI=1S/C13H23N5O7/c1-5(19)10(18-11(22)6(14)4-9(16)21)12(23)17-7(13(24)25)2-3-8(15)20/h5-7,10,19H,2-4,14H2,1H3,(H2,15,20)(H2,16,21)(H,17,23)(H,18,22)(H,24,25)/t5-,6+,7+,10+/m1/s1. The molecule has 0 saturated heterocycles. The molecule has 0 aromatic rings. The highest BCUT2D eigenvalue weighted by atomic mass is 16.4. The highest BCUT2D eigenvalue weighted by Crippen LogP contribution is 2.01. The van der Waals surface area contributed by atoms with Gasteiger partial charge in [0.2, 0.25) is 23.6 Å². The monoisotopic (exact) mass is 361 g/mol. The van der Waals surface area contributed by atoms with Crippen molar-refractivity contribution in [2.45, 2.75) is 50.4 Å². The molecule has 0 saturated carbocycles. The molecule has 4 amide bonds. The van der Waals surface area contributed by atoms with Crippen LogP contribution < -0.4 is 27.8 Å². The van der Waals surface area contributed by atoms with E-state index in [1.165, 1.54) is 6.92 Å². The molecule has 4 atom stereocenters. The fraction of sp³-hybridized carbons (Fsp3) is 0.615. The third-order valence-electron chi connectivity index (χ3n) is 3.11. The van der Waals surface area contributed by atoms with Gasteiger partial charge in [0.05, 0.1) is 18.6 Å². The quantitative estimate of drug-likeness (QED) is 0.191. The molecule has 25 heavy (non-hydrogen) atoms. The Morgan fingerprint density at radius 1 is 1.00 bits per heavy atom. The Bertz CT molecular complexity index is 537. The SMILES string of the molecule is C[C@@H](O)[C@H](NC(=O)[C@@H](N)CC(N)=O)C(=O)N[C@@H](CCC(N)=O)C(=O)O. The van der Waals surface area contributed by atoms with Gasteiger partial charge in [0.25, 0.3) is 0 Å². The van der Waals surface area contributed by atoms with Gasteiger partial charge < -0.3 is 38.0 Å². The van der Waals surface area contributed by atoms with Crippen molar-refractivity contribution in [1.82, 2.24) is 10.6 Å². The van der Waals surface area contributed by atoms with E-state index in [1.807, 2.05) is 0 Å². The minimum Gasteiger partial charge on any atom is -0.480 e. The first-order valence-corrected chi connectivity index (χ1v) is 7.29. The second-order valence-electron chi connectivity index (χ2n) is 5.41. The van der Waals surface area contributed by atoms with Gasteiger partial charge in [0, 0.05) is 6.42 Å². The fourth-order valence-corrected chi connectivity index (χ4v) is 1.78. The molecule has 0 unspecified atom stereocenters. The van der Waals surface area contributed by atoms with Crippen LogP contribution in [-0.2, 0) is 24.0 Å². The lowest BCUT2D eigenvalue weighted by molar-refractivity contribution is -0.143. The molecule has 0 aliphatic heterocycles. The molecule has 12 heteroatoms. The largest absolute Gasteiger partial charge is 0.480 e. The lowest BCUT2D eigenvalue weighted by atomic mass is 10.1. The number of carboxylic acids is 1. The summed E-state index contributed by atoms with van der Waals surface area (Å²) in [5.74, 6) is -4.94. The van der Waals surface area contributed by atoms with Crippen LogP contribution in [0.4, 0.5) is 0 Å². The summed E-state index contributed by atoms with van der Waals surface area (Å²) in [4.78, 5) is 56.5. The molecule has 0 rings (SSSR count). The van der Waals surface area contributed by atoms with Gasteiger partial charge >= 0.3 is 5.97 Å². The van der Waals surface area contributed by atoms with E-state index < -0.39 is 60.2 Å². The highest BCUT2D eigenvalue weighted by molar-refractivity contribution is 5.93. The van der Waals surface area contributed by atoms with Crippen LogP contribution >= 0.6 is 0 Å². The number of nitrogens with one attached hydrogen (secondary N) is 2. The first-order valence-electron chi connectivity index (χ1n) is 7.29. The van der Waals surface area contributed by atoms with Gasteiger partial charge in [0.1, 0.15) is 12.1 Å². The van der Waals surface area contributed by atoms with Crippen LogP contribution in [0.15, 0.2) is 0 Å². The number of nitrogens with two attached hydrogens (primary N) is 3. The molecule has 12 nitrogen and oxygen atoms in total. The van der Waals surface area contributed by atoms with Crippen LogP contribution in [0, 0.1) is 0 Å². The molecule has 10 N–H and O–H groups in total. The van der Waals surface area contributed by atoms with Crippen LogP contribution in [0.25, 0.3) is 0 Å². The van der Waals surface area contributed by atoms with Crippen molar-refractivity contribution >= 4 is 29.6 Å². The third kappa shape index (κ3) is 8.62. The van der Waals surface area contributed by atoms with Crippen molar-refractivity contribution in [3.05, 3.63) is 0 Å². The predicted molar refractivity (Wildman–Crippen MR) is 83.4 cm³/mol. The predicted octanol–water partition coefficient (Wildman–Crippen LogP) is -4.11. The number of rotatable bonds is 11. The van der Waals surface area contributed by atoms with Gasteiger partial charge in [-0.25, -0.2) is 4.79 Å². The summed E-state index contributed by atoms with van der Waals surface area (Å²) in [6.07, 6.45) is -2.42. The molecule has 0 radical (unpaired) electrons. The number of primary amides is 2. The number of aliphatic carboxylic acids is 1. The lowest BCUT2D eigenvalue weighted by Crippen LogP contribution is -2.58. The smallest absolute Gasteiger partial charge is 0.326 e. The number of carbonyl (C=O) groups excluding carboxylic acids is 4. The molecule has 0 aliphatic carbocycles. The second-order valence-corrected chi connectivity index (χ2v) is 5.41. The molecule has 142 valence electrons. The topological polar surface area (TPSA) is 228 Å². The molecule has 0 aromatic heterocycles. The zero-order chi connectivity index (χ0) is 19.7. The molecule has 0 spiro atoms. The Labute approximate surface area is 143 Å². The molecular formula is C13H23N5O7. The van der Waals surface area contributed by atoms with E-state index in [-0.39, 0.29) is 12.8 Å². The maximum Gasteiger partial charge on any atom is 0.326 e. The zero-order valence-electron chi connectivity index (χ0n) is 13.6. The normalized spacial score (nSPS) is 15.3. The highest BCUT2D eigenvalue weighted by Gasteiger charge is 2.31. The van der Waals surface area contributed by atoms with Crippen molar-refractivity contribution < 1.29 is 34.2 Å². The van der Waals surface area contributed by atoms with E-state index >= 15 is 0 Å². The van der Waals surface area contributed by atoms with Crippen molar-refractivity contribution in [2.24, 2.45) is 17.2 Å². The molecule has 0 bridgehead atoms. The van der Waals surface area contributed by atoms with Gasteiger partial charge in [-0.1, -0.05) is 0 Å². The van der Waals surface area contributed by atoms with Gasteiger partial charge in [-0.3, -0.25) is 19.2 Å². The van der Waals surface area contributed by atoms with Gasteiger partial charge in [-0.05, 0) is 13.3 Å². The Balaban J connectivity index is 4.97. The summed E-state index contributed by atoms with van der Waals surface area (Å²) in [7, 11) is 0. The second kappa shape index (κ2) is 10.2. The summed E-state index contributed by atoms with van der Waals surface area (Å²) in [6.45, 7) is 1.18. The van der Waals surface area contributed by atoms with E-state index in [9.17, 15) is 29.1 Å². The Kier molecular flexibility index (Phi) is 9.09. The van der Waals surface area contributed by atoms with E-state index in [1.54, 1.807) is 0 Å². The Hall–Kier alpha value is -2.73. The summed E-state index contributed by atoms with van der Waals surface area (Å²) in [6, 6.07) is -4.31. The number of carbonyl (C=O) groups is 5. The maximum atomic E-state index is 12.1. The van der Waals surface area contributed by atoms with E-state index in [2.05, 4.69) is 10.6 Å². The summed E-state index contributed by atoms with van der Waals surface area (Å²) < 4.78 is 0. The number of carboxylic acid groups (broad SMARTS) is 1. The van der Waals surface area contributed by atoms with Gasteiger partial charge in [-0.15, -0.1) is 0 Å². The minimum atomic E-state index is -1.53. The number of hydrogen-bond acceptors (Lipinski definition) is 7. The third-order valence-corrected chi connectivity index (χ3v) is 3.11. The summed E-state index contributed by atoms with van der Waals surface area (Å²) in [5, 5.41) is 22.9. The minimum absolute atomic E-state index is 0.266. The molecular weight excluding hydrogens is 338 g/mol. The first-order chi connectivity index (χ1) is 11.5. The van der Waals surface area contributed by atoms with Crippen LogP contribution in [0.5, 0.6) is 0 Å². The van der Waals surface area contributed by atoms with E-state index in [0.29, 0.717) is 0 Å². The van der Waals surface area contributed by atoms with E-state index in [4.69, 9.17) is 22.3 Å². The molecule has 0 fully saturated rings. The van der Waals surface area contributed by atoms with Crippen LogP contribution in [0.3, 0.4) is 0 Å². The van der Waals surface area contributed by atoms with Crippen LogP contribution in [0.2, 0.25) is 0 Å². The number of amides is 4. The fourth-order valence-electron chi connectivity index (χ4n) is 1.78. The van der Waals surface area contributed by atoms with Gasteiger partial charge in [-0.2, -0.15) is 0 Å². The van der Waals surface area contributed by atoms with Crippen LogP contribution in [-0.4, -0.2) is 64.0 Å². The number of aliphatic hydroxyl groups excluding tert-OH is 1. The van der Waals surface area contributed by atoms with Crippen molar-refractivity contribution in [3.8, 4) is 0 Å². The average molecular weight is 361 g/mol. The van der Waals surface area contributed by atoms with E-state index in [0.717, 1.165) is 0 Å². The van der Waals surface area contributed by atoms with Crippen LogP contribution in [0.1, 0.15) is 26.2 Å². The van der Waals surface area contributed by atoms with Crippen molar-refractivity contribution in [3.63, 3.8) is 0 Å². The zero-order valence-corrected chi connectivity index (χ0v) is 13.6. The molecule has 0 aliphatic rings. The lowest BCUT2D eigenvalue weighted by Gasteiger charge is -2.24. The van der Waals surface area contributed by atoms with Crippen molar-refractivity contribution in [1.29, 1.82) is 0 Å². The number of aliphatic hydroxyl groups is 1. The number of hydrogen-bond donors (Lipinski definition) is 7. The summed E-state index contributed by atoms with van der Waals surface area (Å²) in [5.41, 5.74) is 15.3. The summed E-state index contributed by atoms with van der Waals surface area (Å²) >= 11 is 0. The molecule has 0 heterocycles. The maximum absolute atomic E-state index is 12.1. The van der Waals surface area contributed by atoms with Gasteiger partial charge in [0.15, 0.2) is 0 Å².